The Morgan fingerprint density at radius 3 is 1.49 bits per heavy atom. The molecule has 29 nitrogen and oxygen atoms in total. The monoisotopic (exact) mass is 1520 g/mol. The molecule has 11 amide bonds. The highest BCUT2D eigenvalue weighted by molar-refractivity contribution is 6.30. The zero-order valence-electron chi connectivity index (χ0n) is 61.8. The molecule has 582 valence electrons. The fourth-order valence-electron chi connectivity index (χ4n) is 13.0. The van der Waals surface area contributed by atoms with Crippen molar-refractivity contribution < 1.29 is 62.6 Å². The van der Waals surface area contributed by atoms with Gasteiger partial charge in [-0.15, -0.1) is 0 Å². The van der Waals surface area contributed by atoms with Crippen LogP contribution in [0.3, 0.4) is 0 Å². The van der Waals surface area contributed by atoms with Crippen LogP contribution in [0, 0.1) is 11.3 Å². The third-order valence-electron chi connectivity index (χ3n) is 18.9. The number of guanidine groups is 1. The van der Waals surface area contributed by atoms with Crippen LogP contribution in [-0.4, -0.2) is 192 Å². The molecule has 2 heterocycles. The van der Waals surface area contributed by atoms with Gasteiger partial charge in [0.15, 0.2) is 5.96 Å². The average Bonchev–Trinajstić information content (AvgIpc) is 1.78. The number of morpholine rings is 1. The molecule has 2 aliphatic rings. The molecule has 0 bridgehead atoms. The highest BCUT2D eigenvalue weighted by Crippen LogP contribution is 2.23. The number of ether oxygens (including phenoxy) is 1. The Hall–Kier alpha value is -11.0. The number of nitrogens with two attached hydrogens (primary N) is 3. The summed E-state index contributed by atoms with van der Waals surface area (Å²) in [6, 6.07) is 28.7. The van der Waals surface area contributed by atoms with Crippen LogP contribution in [0.4, 0.5) is 5.69 Å². The number of hydrogen-bond acceptors (Lipinski definition) is 16. The first-order valence-electron chi connectivity index (χ1n) is 36.7. The molecule has 0 radical (unpaired) electrons. The lowest BCUT2D eigenvalue weighted by molar-refractivity contribution is -0.142. The molecule has 0 spiro atoms. The summed E-state index contributed by atoms with van der Waals surface area (Å²) in [7, 11) is 0. The topological polar surface area (TPSA) is 446 Å². The summed E-state index contributed by atoms with van der Waals surface area (Å²) < 4.78 is 5.55. The second-order valence-electron chi connectivity index (χ2n) is 28.1. The summed E-state index contributed by atoms with van der Waals surface area (Å²) in [6.07, 6.45) is 0.251. The van der Waals surface area contributed by atoms with Gasteiger partial charge in [0, 0.05) is 82.5 Å². The highest BCUT2D eigenvalue weighted by atomic mass is 35.5. The maximum atomic E-state index is 15.3. The number of carbonyl (C=O) groups is 11. The Morgan fingerprint density at radius 2 is 0.963 bits per heavy atom. The first-order chi connectivity index (χ1) is 52.2. The van der Waals surface area contributed by atoms with E-state index in [-0.39, 0.29) is 82.8 Å². The van der Waals surface area contributed by atoms with Crippen molar-refractivity contribution in [3.8, 4) is 0 Å². The number of fused-ring (bicyclic) bond motifs is 1. The molecule has 2 aliphatic heterocycles. The molecular formula is C79H101ClN16O13. The molecule has 8 rings (SSSR count). The number of nitrogens with one attached hydrogen (secondary N) is 11. The molecule has 10 atom stereocenters. The van der Waals surface area contributed by atoms with E-state index < -0.39 is 132 Å². The SMILES string of the molecule is CC(=O)N[C@H](Cc1ccc2ccccc2c1)C(=O)N[C@H](Cc1ccc(Cl)cc1)C(=O)N[C@H](Cc1ccccc1)C(=O)N[C@@H](CO)C(=O)N[C@@H](Cc1ccc(N)cc1)C(=O)N[C@H](Cc1ccc(CN2CCOCC2)cc1)C(=O)N[C@@H](CC(C)C)C(=O)N[C@@H](CCCNC(=N)N)C(=O)N1CCC[C@H]1C(=O)N[C@H](C)C(N)=O. The fraction of sp³-hybridized carbons (Fsp3) is 0.418. The van der Waals surface area contributed by atoms with Crippen molar-refractivity contribution in [3.05, 3.63) is 184 Å². The molecule has 0 saturated carbocycles. The largest absolute Gasteiger partial charge is 0.399 e. The van der Waals surface area contributed by atoms with E-state index in [1.807, 2.05) is 80.6 Å². The van der Waals surface area contributed by atoms with E-state index in [1.54, 1.807) is 78.9 Å². The first-order valence-corrected chi connectivity index (χ1v) is 37.0. The number of aliphatic hydroxyl groups is 1. The number of anilines is 1. The Bertz CT molecular complexity index is 4130. The Kier molecular flexibility index (Phi) is 31.7. The molecule has 109 heavy (non-hydrogen) atoms. The molecular weight excluding hydrogens is 1420 g/mol. The van der Waals surface area contributed by atoms with E-state index in [2.05, 4.69) is 58.1 Å². The van der Waals surface area contributed by atoms with Gasteiger partial charge in [-0.2, -0.15) is 0 Å². The van der Waals surface area contributed by atoms with E-state index in [0.29, 0.717) is 59.1 Å². The minimum absolute atomic E-state index is 0.00605. The van der Waals surface area contributed by atoms with Crippen molar-refractivity contribution in [3.63, 3.8) is 0 Å². The Labute approximate surface area is 638 Å². The predicted molar refractivity (Wildman–Crippen MR) is 412 cm³/mol. The lowest BCUT2D eigenvalue weighted by atomic mass is 9.99. The van der Waals surface area contributed by atoms with E-state index in [1.165, 1.54) is 18.7 Å². The van der Waals surface area contributed by atoms with Gasteiger partial charge in [-0.3, -0.25) is 63.0 Å². The molecule has 0 aliphatic carbocycles. The number of primary amides is 1. The van der Waals surface area contributed by atoms with E-state index >= 15 is 9.59 Å². The van der Waals surface area contributed by atoms with Gasteiger partial charge < -0.3 is 85.1 Å². The van der Waals surface area contributed by atoms with Gasteiger partial charge in [0.25, 0.3) is 0 Å². The maximum Gasteiger partial charge on any atom is 0.245 e. The second-order valence-corrected chi connectivity index (χ2v) is 28.5. The van der Waals surface area contributed by atoms with Gasteiger partial charge in [-0.25, -0.2) is 0 Å². The third kappa shape index (κ3) is 26.4. The number of hydrogen-bond donors (Lipinski definition) is 15. The van der Waals surface area contributed by atoms with Crippen molar-refractivity contribution in [2.24, 2.45) is 17.4 Å². The summed E-state index contributed by atoms with van der Waals surface area (Å²) in [6.45, 7) is 8.77. The number of carbonyl (C=O) groups excluding carboxylic acids is 11. The minimum Gasteiger partial charge on any atom is -0.399 e. The zero-order valence-corrected chi connectivity index (χ0v) is 62.5. The third-order valence-corrected chi connectivity index (χ3v) is 19.1. The number of nitrogens with zero attached hydrogens (tertiary/aromatic N) is 2. The molecule has 30 heteroatoms. The molecule has 6 aromatic carbocycles. The van der Waals surface area contributed by atoms with Crippen LogP contribution in [0.1, 0.15) is 93.2 Å². The van der Waals surface area contributed by atoms with Crippen LogP contribution >= 0.6 is 11.6 Å². The molecule has 18 N–H and O–H groups in total. The van der Waals surface area contributed by atoms with Gasteiger partial charge in [-0.05, 0) is 113 Å². The highest BCUT2D eigenvalue weighted by Gasteiger charge is 2.41. The zero-order chi connectivity index (χ0) is 78.7. The summed E-state index contributed by atoms with van der Waals surface area (Å²) in [4.78, 5) is 161. The maximum absolute atomic E-state index is 15.3. The van der Waals surface area contributed by atoms with E-state index in [0.717, 1.165) is 35.0 Å². The van der Waals surface area contributed by atoms with Crippen molar-refractivity contribution >= 4 is 99.0 Å². The van der Waals surface area contributed by atoms with Crippen molar-refractivity contribution in [2.75, 3.05) is 51.7 Å². The summed E-state index contributed by atoms with van der Waals surface area (Å²) in [5.74, 6) is -9.20. The van der Waals surface area contributed by atoms with Gasteiger partial charge in [-0.1, -0.05) is 147 Å². The molecule has 0 aromatic heterocycles. The summed E-state index contributed by atoms with van der Waals surface area (Å²) in [5.41, 5.74) is 21.4. The van der Waals surface area contributed by atoms with Crippen LogP contribution in [0.25, 0.3) is 10.8 Å². The lowest BCUT2D eigenvalue weighted by Crippen LogP contribution is -2.62. The van der Waals surface area contributed by atoms with Gasteiger partial charge in [0.05, 0.1) is 19.8 Å². The number of benzene rings is 6. The number of likely N-dealkylation sites (tertiary alicyclic amines) is 1. The average molecular weight is 1520 g/mol. The van der Waals surface area contributed by atoms with Crippen molar-refractivity contribution in [2.45, 2.75) is 159 Å². The predicted octanol–water partition coefficient (Wildman–Crippen LogP) is 1.60. The normalized spacial score (nSPS) is 16.1. The van der Waals surface area contributed by atoms with Crippen molar-refractivity contribution in [1.29, 1.82) is 5.41 Å². The number of nitrogen functional groups attached to an aromatic ring is 1. The lowest BCUT2D eigenvalue weighted by Gasteiger charge is -2.31. The van der Waals surface area contributed by atoms with Crippen LogP contribution < -0.4 is 70.4 Å². The Balaban J connectivity index is 1.06. The molecule has 2 saturated heterocycles. The summed E-state index contributed by atoms with van der Waals surface area (Å²) in [5, 5.41) is 48.3. The van der Waals surface area contributed by atoms with Gasteiger partial charge in [0.1, 0.15) is 60.4 Å². The van der Waals surface area contributed by atoms with E-state index in [4.69, 9.17) is 38.9 Å². The number of rotatable bonds is 38. The first kappa shape index (κ1) is 83.6. The van der Waals surface area contributed by atoms with Gasteiger partial charge >= 0.3 is 0 Å². The molecule has 6 aromatic rings. The quantitative estimate of drug-likeness (QED) is 0.0113. The fourth-order valence-corrected chi connectivity index (χ4v) is 13.1. The van der Waals surface area contributed by atoms with Crippen LogP contribution in [-0.2, 0) is 96.1 Å². The number of halogens is 1. The van der Waals surface area contributed by atoms with Crippen LogP contribution in [0.2, 0.25) is 5.02 Å². The second kappa shape index (κ2) is 41.4. The summed E-state index contributed by atoms with van der Waals surface area (Å²) >= 11 is 6.27. The van der Waals surface area contributed by atoms with Crippen molar-refractivity contribution in [1.82, 2.24) is 63.0 Å². The van der Waals surface area contributed by atoms with Gasteiger partial charge in [0.2, 0.25) is 65.0 Å². The van der Waals surface area contributed by atoms with Crippen LogP contribution in [0.5, 0.6) is 0 Å². The standard InChI is InChI=1S/C79H101ClN16O13/c1-47(2)38-61(70(100)88-60(16-10-32-85-79(83)84)78(108)96-33-11-17-68(96)77(107)86-48(3)69(82)99)89-72(102)64(41-51-18-20-54(21-19-51)45-95-34-36-109-37-35-95)92-74(104)66(43-53-25-30-59(81)31-26-53)93-76(106)67(46-97)94-75(105)63(40-50-12-6-5-7-13-50)91-73(103)65(42-52-23-28-58(80)29-24-52)90-71(101)62(87-49(4)98)44-55-22-27-56-14-8-9-15-57(56)39-55/h5-9,12-15,18-31,39,47-48,60-68,97H,10-11,16-17,32-38,40-46,81H2,1-4H3,(H2,82,99)(H,86,107)(H,87,98)(H,88,100)(H,89,102)(H,90,101)(H,91,103)(H,92,104)(H,93,106)(H,94,105)(H4,83,84,85)/t48-,60+,61+,62-,63-,64-,65-,66+,67+,68+/m1/s1. The molecule has 2 fully saturated rings. The number of aliphatic hydroxyl groups excluding tert-OH is 1. The Morgan fingerprint density at radius 1 is 0.523 bits per heavy atom. The molecule has 0 unspecified atom stereocenters. The minimum atomic E-state index is -1.80. The number of amides is 11. The van der Waals surface area contributed by atoms with Crippen LogP contribution in [0.15, 0.2) is 146 Å². The smallest absolute Gasteiger partial charge is 0.245 e. The van der Waals surface area contributed by atoms with E-state index in [9.17, 15) is 48.3 Å².